The van der Waals surface area contributed by atoms with Crippen LogP contribution >= 0.6 is 0 Å². The molecule has 0 bridgehead atoms. The summed E-state index contributed by atoms with van der Waals surface area (Å²) in [5, 5.41) is 3.07. The Hall–Kier alpha value is -1.65. The number of aromatic nitrogens is 2. The van der Waals surface area contributed by atoms with Gasteiger partial charge >= 0.3 is 0 Å². The highest BCUT2D eigenvalue weighted by atomic mass is 16.2. The first-order valence-electron chi connectivity index (χ1n) is 6.50. The molecule has 5 nitrogen and oxygen atoms in total. The average molecular weight is 248 g/mol. The lowest BCUT2D eigenvalue weighted by atomic mass is 10.1. The van der Waals surface area contributed by atoms with Crippen molar-refractivity contribution in [2.24, 2.45) is 0 Å². The summed E-state index contributed by atoms with van der Waals surface area (Å²) in [5.41, 5.74) is 0.987. The molecule has 98 valence electrons. The number of amides is 1. The Kier molecular flexibility index (Phi) is 4.12. The summed E-state index contributed by atoms with van der Waals surface area (Å²) >= 11 is 0. The molecule has 2 rings (SSSR count). The minimum atomic E-state index is 0.150. The zero-order chi connectivity index (χ0) is 13.0. The molecule has 0 unspecified atom stereocenters. The van der Waals surface area contributed by atoms with Gasteiger partial charge in [-0.15, -0.1) is 0 Å². The van der Waals surface area contributed by atoms with Crippen molar-refractivity contribution in [3.63, 3.8) is 0 Å². The molecular weight excluding hydrogens is 228 g/mol. The van der Waals surface area contributed by atoms with Gasteiger partial charge in [-0.05, 0) is 18.8 Å². The Bertz CT molecular complexity index is 413. The maximum Gasteiger partial charge on any atom is 0.241 e. The summed E-state index contributed by atoms with van der Waals surface area (Å²) < 4.78 is 0. The highest BCUT2D eigenvalue weighted by Crippen LogP contribution is 2.13. The molecule has 2 heterocycles. The van der Waals surface area contributed by atoms with Crippen LogP contribution in [0.4, 0.5) is 5.82 Å². The normalized spacial score (nSPS) is 15.2. The third-order valence-corrected chi connectivity index (χ3v) is 3.16. The predicted octanol–water partition coefficient (Wildman–Crippen LogP) is 1.63. The van der Waals surface area contributed by atoms with E-state index in [0.29, 0.717) is 12.5 Å². The Morgan fingerprint density at radius 1 is 1.39 bits per heavy atom. The van der Waals surface area contributed by atoms with Crippen molar-refractivity contribution in [3.8, 4) is 0 Å². The third kappa shape index (κ3) is 3.18. The second-order valence-electron chi connectivity index (χ2n) is 4.92. The van der Waals surface area contributed by atoms with Crippen LogP contribution in [-0.2, 0) is 4.79 Å². The largest absolute Gasteiger partial charge is 0.361 e. The van der Waals surface area contributed by atoms with Crippen molar-refractivity contribution in [3.05, 3.63) is 18.1 Å². The predicted molar refractivity (Wildman–Crippen MR) is 70.4 cm³/mol. The average Bonchev–Trinajstić information content (AvgIpc) is 2.90. The zero-order valence-electron chi connectivity index (χ0n) is 11.0. The fourth-order valence-electron chi connectivity index (χ4n) is 2.03. The van der Waals surface area contributed by atoms with Gasteiger partial charge in [0.25, 0.3) is 0 Å². The lowest BCUT2D eigenvalue weighted by molar-refractivity contribution is -0.128. The monoisotopic (exact) mass is 248 g/mol. The molecule has 1 N–H and O–H groups in total. The second-order valence-corrected chi connectivity index (χ2v) is 4.92. The van der Waals surface area contributed by atoms with Gasteiger partial charge in [0.05, 0.1) is 6.54 Å². The van der Waals surface area contributed by atoms with E-state index in [1.165, 1.54) is 6.33 Å². The first kappa shape index (κ1) is 12.8. The third-order valence-electron chi connectivity index (χ3n) is 3.16. The molecule has 1 amide bonds. The molecule has 0 saturated carbocycles. The molecule has 0 aliphatic carbocycles. The van der Waals surface area contributed by atoms with E-state index in [9.17, 15) is 4.79 Å². The second kappa shape index (κ2) is 5.80. The van der Waals surface area contributed by atoms with Crippen molar-refractivity contribution < 1.29 is 4.79 Å². The van der Waals surface area contributed by atoms with E-state index in [4.69, 9.17) is 0 Å². The zero-order valence-corrected chi connectivity index (χ0v) is 11.0. The summed E-state index contributed by atoms with van der Waals surface area (Å²) in [6.45, 7) is 6.26. The summed E-state index contributed by atoms with van der Waals surface area (Å²) in [6.07, 6.45) is 3.78. The Morgan fingerprint density at radius 2 is 2.11 bits per heavy atom. The molecule has 1 aliphatic heterocycles. The molecule has 0 radical (unpaired) electrons. The van der Waals surface area contributed by atoms with Gasteiger partial charge in [0.15, 0.2) is 0 Å². The number of nitrogens with one attached hydrogen (secondary N) is 1. The molecule has 0 spiro atoms. The molecule has 1 aliphatic rings. The summed E-state index contributed by atoms with van der Waals surface area (Å²) in [6, 6.07) is 1.90. The summed E-state index contributed by atoms with van der Waals surface area (Å²) in [7, 11) is 0. The number of likely N-dealkylation sites (tertiary alicyclic amines) is 1. The van der Waals surface area contributed by atoms with Gasteiger partial charge in [-0.1, -0.05) is 13.8 Å². The molecule has 1 aromatic rings. The van der Waals surface area contributed by atoms with Gasteiger partial charge in [0.2, 0.25) is 5.91 Å². The molecule has 1 fully saturated rings. The lowest BCUT2D eigenvalue weighted by Gasteiger charge is -2.15. The van der Waals surface area contributed by atoms with Gasteiger partial charge in [0.1, 0.15) is 12.1 Å². The molecule has 18 heavy (non-hydrogen) atoms. The van der Waals surface area contributed by atoms with Gasteiger partial charge in [-0.2, -0.15) is 0 Å². The fourth-order valence-corrected chi connectivity index (χ4v) is 2.03. The van der Waals surface area contributed by atoms with E-state index in [1.54, 1.807) is 0 Å². The molecule has 0 atom stereocenters. The lowest BCUT2D eigenvalue weighted by Crippen LogP contribution is -2.33. The highest BCUT2D eigenvalue weighted by Gasteiger charge is 2.17. The van der Waals surface area contributed by atoms with Crippen molar-refractivity contribution in [1.29, 1.82) is 0 Å². The summed E-state index contributed by atoms with van der Waals surface area (Å²) in [4.78, 5) is 22.1. The van der Waals surface area contributed by atoms with E-state index in [-0.39, 0.29) is 5.91 Å². The maximum absolute atomic E-state index is 11.9. The van der Waals surface area contributed by atoms with Crippen LogP contribution in [0.1, 0.15) is 38.3 Å². The van der Waals surface area contributed by atoms with Gasteiger partial charge in [-0.3, -0.25) is 4.79 Å². The van der Waals surface area contributed by atoms with Gasteiger partial charge < -0.3 is 10.2 Å². The number of hydrogen-bond donors (Lipinski definition) is 1. The highest BCUT2D eigenvalue weighted by molar-refractivity contribution is 5.80. The van der Waals surface area contributed by atoms with Crippen LogP contribution in [0.2, 0.25) is 0 Å². The maximum atomic E-state index is 11.9. The first-order chi connectivity index (χ1) is 8.66. The minimum absolute atomic E-state index is 0.150. The number of rotatable bonds is 4. The number of carbonyl (C=O) groups excluding carboxylic acids is 1. The SMILES string of the molecule is CC(C)c1cc(NCC(=O)N2CCCC2)ncn1. The Balaban J connectivity index is 1.89. The number of anilines is 1. The molecular formula is C13H20N4O. The van der Waals surface area contributed by atoms with Crippen molar-refractivity contribution in [1.82, 2.24) is 14.9 Å². The van der Waals surface area contributed by atoms with Gasteiger partial charge in [-0.25, -0.2) is 9.97 Å². The molecule has 1 saturated heterocycles. The van der Waals surface area contributed by atoms with Crippen LogP contribution in [-0.4, -0.2) is 40.4 Å². The van der Waals surface area contributed by atoms with E-state index in [2.05, 4.69) is 29.1 Å². The van der Waals surface area contributed by atoms with E-state index in [1.807, 2.05) is 11.0 Å². The van der Waals surface area contributed by atoms with Crippen molar-refractivity contribution in [2.45, 2.75) is 32.6 Å². The van der Waals surface area contributed by atoms with Crippen LogP contribution in [0.15, 0.2) is 12.4 Å². The molecule has 1 aromatic heterocycles. The number of carbonyl (C=O) groups is 1. The minimum Gasteiger partial charge on any atom is -0.361 e. The fraction of sp³-hybridized carbons (Fsp3) is 0.615. The van der Waals surface area contributed by atoms with Crippen LogP contribution in [0.3, 0.4) is 0 Å². The van der Waals surface area contributed by atoms with E-state index in [0.717, 1.165) is 37.4 Å². The Morgan fingerprint density at radius 3 is 2.78 bits per heavy atom. The van der Waals surface area contributed by atoms with E-state index < -0.39 is 0 Å². The molecule has 5 heteroatoms. The summed E-state index contributed by atoms with van der Waals surface area (Å²) in [5.74, 6) is 1.24. The van der Waals surface area contributed by atoms with Crippen molar-refractivity contribution >= 4 is 11.7 Å². The van der Waals surface area contributed by atoms with Crippen LogP contribution in [0, 0.1) is 0 Å². The van der Waals surface area contributed by atoms with Crippen LogP contribution in [0.5, 0.6) is 0 Å². The number of hydrogen-bond acceptors (Lipinski definition) is 4. The smallest absolute Gasteiger partial charge is 0.241 e. The van der Waals surface area contributed by atoms with Crippen LogP contribution in [0.25, 0.3) is 0 Å². The van der Waals surface area contributed by atoms with Gasteiger partial charge in [0, 0.05) is 24.8 Å². The topological polar surface area (TPSA) is 58.1 Å². The quantitative estimate of drug-likeness (QED) is 0.880. The van der Waals surface area contributed by atoms with E-state index >= 15 is 0 Å². The number of nitrogens with zero attached hydrogens (tertiary/aromatic N) is 3. The first-order valence-corrected chi connectivity index (χ1v) is 6.50. The molecule has 0 aromatic carbocycles. The standard InChI is InChI=1S/C13H20N4O/c1-10(2)11-7-12(16-9-15-11)14-8-13(18)17-5-3-4-6-17/h7,9-10H,3-6,8H2,1-2H3,(H,14,15,16). The van der Waals surface area contributed by atoms with Crippen LogP contribution < -0.4 is 5.32 Å². The Labute approximate surface area is 108 Å². The van der Waals surface area contributed by atoms with Crippen molar-refractivity contribution in [2.75, 3.05) is 25.0 Å².